The molecule has 22 heavy (non-hydrogen) atoms. The van der Waals surface area contributed by atoms with E-state index in [1.165, 1.54) is 17.1 Å². The predicted octanol–water partition coefficient (Wildman–Crippen LogP) is 3.65. The number of thioether (sulfide) groups is 1. The zero-order chi connectivity index (χ0) is 15.1. The first kappa shape index (κ1) is 13.6. The molecule has 0 bridgehead atoms. The standard InChI is InChI=1S/C17H17N3OS/c1-10(16(21)18-12-8-9-12)22-17-19-13-6-2-4-11-5-3-7-14(20-17)15(11)13/h2-7,10,12H,8-9H2,1H3,(H,18,21)(H,19,20)/t10-/m0/s1. The number of nitrogens with zero attached hydrogens (tertiary/aromatic N) is 1. The van der Waals surface area contributed by atoms with Crippen molar-refractivity contribution < 1.29 is 4.79 Å². The van der Waals surface area contributed by atoms with Crippen LogP contribution in [0.3, 0.4) is 0 Å². The van der Waals surface area contributed by atoms with Gasteiger partial charge in [0.05, 0.1) is 16.6 Å². The minimum atomic E-state index is -0.156. The summed E-state index contributed by atoms with van der Waals surface area (Å²) in [7, 11) is 0. The van der Waals surface area contributed by atoms with Gasteiger partial charge in [0.15, 0.2) is 5.17 Å². The molecule has 2 aromatic carbocycles. The molecule has 0 unspecified atom stereocenters. The number of rotatable bonds is 3. The Bertz CT molecular complexity index is 777. The Hall–Kier alpha value is -2.01. The number of anilines is 1. The van der Waals surface area contributed by atoms with Gasteiger partial charge in [0, 0.05) is 11.4 Å². The SMILES string of the molecule is C[C@H](SC1=Nc2cccc3cccc(c23)N1)C(=O)NC1CC1. The Kier molecular flexibility index (Phi) is 3.30. The molecule has 1 aliphatic carbocycles. The van der Waals surface area contributed by atoms with Gasteiger partial charge in [-0.2, -0.15) is 0 Å². The number of amidine groups is 1. The second-order valence-electron chi connectivity index (χ2n) is 5.77. The third-order valence-electron chi connectivity index (χ3n) is 3.93. The van der Waals surface area contributed by atoms with Crippen LogP contribution in [0.1, 0.15) is 19.8 Å². The van der Waals surface area contributed by atoms with E-state index in [1.807, 2.05) is 25.1 Å². The summed E-state index contributed by atoms with van der Waals surface area (Å²) in [5.74, 6) is 0.0917. The molecule has 1 atom stereocenters. The summed E-state index contributed by atoms with van der Waals surface area (Å²) in [6, 6.07) is 12.7. The average molecular weight is 311 g/mol. The molecule has 1 amide bonds. The summed E-state index contributed by atoms with van der Waals surface area (Å²) in [5, 5.41) is 9.33. The topological polar surface area (TPSA) is 53.5 Å². The predicted molar refractivity (Wildman–Crippen MR) is 92.9 cm³/mol. The molecule has 0 saturated heterocycles. The van der Waals surface area contributed by atoms with E-state index >= 15 is 0 Å². The number of nitrogens with one attached hydrogen (secondary N) is 2. The third kappa shape index (κ3) is 2.57. The van der Waals surface area contributed by atoms with Gasteiger partial charge in [-0.15, -0.1) is 0 Å². The number of hydrogen-bond donors (Lipinski definition) is 2. The van der Waals surface area contributed by atoms with Crippen LogP contribution in [-0.2, 0) is 4.79 Å². The highest BCUT2D eigenvalue weighted by atomic mass is 32.2. The van der Waals surface area contributed by atoms with E-state index in [0.29, 0.717) is 6.04 Å². The quantitative estimate of drug-likeness (QED) is 0.909. The molecular weight excluding hydrogens is 294 g/mol. The molecule has 112 valence electrons. The highest BCUT2D eigenvalue weighted by Gasteiger charge is 2.27. The highest BCUT2D eigenvalue weighted by molar-refractivity contribution is 8.15. The number of carbonyl (C=O) groups is 1. The summed E-state index contributed by atoms with van der Waals surface area (Å²) in [6.45, 7) is 1.92. The lowest BCUT2D eigenvalue weighted by atomic mass is 10.1. The fourth-order valence-electron chi connectivity index (χ4n) is 2.59. The van der Waals surface area contributed by atoms with Crippen LogP contribution >= 0.6 is 11.8 Å². The largest absolute Gasteiger partial charge is 0.352 e. The summed E-state index contributed by atoms with van der Waals surface area (Å²) in [6.07, 6.45) is 2.22. The van der Waals surface area contributed by atoms with Gasteiger partial charge in [0.2, 0.25) is 5.91 Å². The number of hydrogen-bond acceptors (Lipinski definition) is 4. The van der Waals surface area contributed by atoms with Gasteiger partial charge in [-0.3, -0.25) is 4.79 Å². The van der Waals surface area contributed by atoms with Gasteiger partial charge in [-0.05, 0) is 37.3 Å². The fraction of sp³-hybridized carbons (Fsp3) is 0.294. The van der Waals surface area contributed by atoms with Gasteiger partial charge in [-0.1, -0.05) is 36.0 Å². The van der Waals surface area contributed by atoms with E-state index in [1.54, 1.807) is 0 Å². The van der Waals surface area contributed by atoms with Crippen LogP contribution < -0.4 is 10.6 Å². The van der Waals surface area contributed by atoms with Crippen LogP contribution in [0.2, 0.25) is 0 Å². The lowest BCUT2D eigenvalue weighted by Gasteiger charge is -2.20. The van der Waals surface area contributed by atoms with Crippen LogP contribution in [0.4, 0.5) is 11.4 Å². The maximum Gasteiger partial charge on any atom is 0.233 e. The molecule has 4 nitrogen and oxygen atoms in total. The molecule has 4 rings (SSSR count). The van der Waals surface area contributed by atoms with Crippen molar-refractivity contribution in [2.75, 3.05) is 5.32 Å². The van der Waals surface area contributed by atoms with Crippen LogP contribution in [0.25, 0.3) is 10.8 Å². The zero-order valence-electron chi connectivity index (χ0n) is 12.3. The average Bonchev–Trinajstić information content (AvgIpc) is 3.31. The summed E-state index contributed by atoms with van der Waals surface area (Å²) in [5.41, 5.74) is 2.02. The normalized spacial score (nSPS) is 17.6. The van der Waals surface area contributed by atoms with Crippen molar-refractivity contribution in [1.82, 2.24) is 5.32 Å². The first-order chi connectivity index (χ1) is 10.7. The fourth-order valence-corrected chi connectivity index (χ4v) is 3.42. The highest BCUT2D eigenvalue weighted by Crippen LogP contribution is 2.37. The van der Waals surface area contributed by atoms with Crippen molar-refractivity contribution >= 4 is 45.0 Å². The Morgan fingerprint density at radius 2 is 2.09 bits per heavy atom. The molecule has 1 heterocycles. The van der Waals surface area contributed by atoms with Gasteiger partial charge in [0.1, 0.15) is 0 Å². The van der Waals surface area contributed by atoms with Crippen LogP contribution in [0.5, 0.6) is 0 Å². The molecule has 5 heteroatoms. The monoisotopic (exact) mass is 311 g/mol. The molecule has 2 aliphatic rings. The Morgan fingerprint density at radius 1 is 1.32 bits per heavy atom. The molecule has 2 aromatic rings. The summed E-state index contributed by atoms with van der Waals surface area (Å²) < 4.78 is 0. The number of amides is 1. The van der Waals surface area contributed by atoms with Crippen LogP contribution in [0, 0.1) is 0 Å². The van der Waals surface area contributed by atoms with E-state index in [2.05, 4.69) is 33.8 Å². The second kappa shape index (κ2) is 5.32. The van der Waals surface area contributed by atoms with Gasteiger partial charge in [-0.25, -0.2) is 4.99 Å². The van der Waals surface area contributed by atoms with Crippen LogP contribution in [0.15, 0.2) is 41.4 Å². The number of benzene rings is 2. The molecule has 1 saturated carbocycles. The van der Waals surface area contributed by atoms with Crippen molar-refractivity contribution in [3.05, 3.63) is 36.4 Å². The molecule has 1 aliphatic heterocycles. The van der Waals surface area contributed by atoms with E-state index in [4.69, 9.17) is 0 Å². The number of aliphatic imine (C=N–C) groups is 1. The van der Waals surface area contributed by atoms with E-state index < -0.39 is 0 Å². The minimum absolute atomic E-state index is 0.0917. The van der Waals surface area contributed by atoms with Gasteiger partial charge >= 0.3 is 0 Å². The Morgan fingerprint density at radius 3 is 2.86 bits per heavy atom. The second-order valence-corrected chi connectivity index (χ2v) is 7.10. The minimum Gasteiger partial charge on any atom is -0.352 e. The molecule has 0 radical (unpaired) electrons. The Labute approximate surface area is 133 Å². The lowest BCUT2D eigenvalue weighted by Crippen LogP contribution is -2.33. The van der Waals surface area contributed by atoms with Crippen molar-refractivity contribution in [3.63, 3.8) is 0 Å². The van der Waals surface area contributed by atoms with Crippen LogP contribution in [-0.4, -0.2) is 22.4 Å². The van der Waals surface area contributed by atoms with E-state index in [9.17, 15) is 4.79 Å². The van der Waals surface area contributed by atoms with Gasteiger partial charge in [0.25, 0.3) is 0 Å². The van der Waals surface area contributed by atoms with Crippen molar-refractivity contribution in [2.45, 2.75) is 31.1 Å². The first-order valence-corrected chi connectivity index (χ1v) is 8.43. The molecule has 2 N–H and O–H groups in total. The zero-order valence-corrected chi connectivity index (χ0v) is 13.1. The molecular formula is C17H17N3OS. The summed E-state index contributed by atoms with van der Waals surface area (Å²) >= 11 is 1.47. The van der Waals surface area contributed by atoms with E-state index in [0.717, 1.165) is 34.8 Å². The van der Waals surface area contributed by atoms with Gasteiger partial charge < -0.3 is 10.6 Å². The number of carbonyl (C=O) groups excluding carboxylic acids is 1. The molecule has 0 spiro atoms. The third-order valence-corrected chi connectivity index (χ3v) is 4.91. The molecule has 0 aromatic heterocycles. The summed E-state index contributed by atoms with van der Waals surface area (Å²) in [4.78, 5) is 16.8. The molecule has 1 fully saturated rings. The Balaban J connectivity index is 1.57. The lowest BCUT2D eigenvalue weighted by molar-refractivity contribution is -0.120. The van der Waals surface area contributed by atoms with Crippen molar-refractivity contribution in [1.29, 1.82) is 0 Å². The maximum atomic E-state index is 12.1. The van der Waals surface area contributed by atoms with E-state index in [-0.39, 0.29) is 11.2 Å². The van der Waals surface area contributed by atoms with Crippen molar-refractivity contribution in [3.8, 4) is 0 Å². The maximum absolute atomic E-state index is 12.1. The first-order valence-electron chi connectivity index (χ1n) is 7.55. The smallest absolute Gasteiger partial charge is 0.233 e. The van der Waals surface area contributed by atoms with Crippen molar-refractivity contribution in [2.24, 2.45) is 4.99 Å².